The zero-order valence-electron chi connectivity index (χ0n) is 13.7. The fourth-order valence-electron chi connectivity index (χ4n) is 2.49. The van der Waals surface area contributed by atoms with Gasteiger partial charge in [0.15, 0.2) is 0 Å². The lowest BCUT2D eigenvalue weighted by Crippen LogP contribution is -2.33. The van der Waals surface area contributed by atoms with E-state index >= 15 is 0 Å². The highest BCUT2D eigenvalue weighted by Gasteiger charge is 2.13. The van der Waals surface area contributed by atoms with E-state index in [9.17, 15) is 14.0 Å². The van der Waals surface area contributed by atoms with E-state index in [2.05, 4.69) is 26.6 Å². The van der Waals surface area contributed by atoms with E-state index in [0.29, 0.717) is 4.47 Å². The van der Waals surface area contributed by atoms with Gasteiger partial charge in [-0.3, -0.25) is 9.59 Å². The Hall–Kier alpha value is -2.21. The number of benzene rings is 2. The Bertz CT molecular complexity index is 783. The molecule has 0 spiro atoms. The number of amides is 2. The summed E-state index contributed by atoms with van der Waals surface area (Å²) >= 11 is 3.13. The van der Waals surface area contributed by atoms with Gasteiger partial charge in [-0.2, -0.15) is 0 Å². The molecule has 2 amide bonds. The van der Waals surface area contributed by atoms with E-state index < -0.39 is 11.7 Å². The molecule has 0 unspecified atom stereocenters. The average molecular weight is 393 g/mol. The highest BCUT2D eigenvalue weighted by atomic mass is 79.9. The molecule has 0 aromatic heterocycles. The van der Waals surface area contributed by atoms with E-state index in [1.807, 2.05) is 32.9 Å². The minimum Gasteiger partial charge on any atom is -0.343 e. The van der Waals surface area contributed by atoms with Gasteiger partial charge in [0.25, 0.3) is 5.91 Å². The van der Waals surface area contributed by atoms with E-state index in [1.54, 1.807) is 0 Å². The third-order valence-electron chi connectivity index (χ3n) is 3.53. The lowest BCUT2D eigenvalue weighted by molar-refractivity contribution is -0.115. The predicted molar refractivity (Wildman–Crippen MR) is 95.7 cm³/mol. The summed E-state index contributed by atoms with van der Waals surface area (Å²) in [5.74, 6) is -1.22. The Labute approximate surface area is 148 Å². The van der Waals surface area contributed by atoms with E-state index in [0.717, 1.165) is 22.4 Å². The summed E-state index contributed by atoms with van der Waals surface area (Å²) in [6.45, 7) is 5.66. The van der Waals surface area contributed by atoms with Gasteiger partial charge in [0.05, 0.1) is 12.1 Å². The lowest BCUT2D eigenvalue weighted by Gasteiger charge is -2.13. The quantitative estimate of drug-likeness (QED) is 0.829. The van der Waals surface area contributed by atoms with Crippen molar-refractivity contribution in [1.29, 1.82) is 0 Å². The number of aryl methyl sites for hydroxylation is 3. The van der Waals surface area contributed by atoms with E-state index in [4.69, 9.17) is 0 Å². The molecule has 0 aliphatic heterocycles. The maximum atomic E-state index is 13.0. The standard InChI is InChI=1S/C18H18BrFN2O2/c1-10-6-11(2)17(12(3)7-10)22-16(23)9-21-18(24)14-5-4-13(20)8-15(14)19/h4-8H,9H2,1-3H3,(H,21,24)(H,22,23). The predicted octanol–water partition coefficient (Wildman–Crippen LogP) is 3.88. The van der Waals surface area contributed by atoms with Gasteiger partial charge in [0, 0.05) is 10.2 Å². The number of hydrogen-bond acceptors (Lipinski definition) is 2. The number of nitrogens with one attached hydrogen (secondary N) is 2. The van der Waals surface area contributed by atoms with Gasteiger partial charge in [-0.25, -0.2) is 4.39 Å². The van der Waals surface area contributed by atoms with Crippen LogP contribution in [0.4, 0.5) is 10.1 Å². The maximum absolute atomic E-state index is 13.0. The molecule has 0 atom stereocenters. The van der Waals surface area contributed by atoms with Crippen molar-refractivity contribution in [3.05, 3.63) is 62.9 Å². The molecule has 4 nitrogen and oxygen atoms in total. The molecule has 6 heteroatoms. The number of hydrogen-bond donors (Lipinski definition) is 2. The van der Waals surface area contributed by atoms with Gasteiger partial charge >= 0.3 is 0 Å². The number of carbonyl (C=O) groups is 2. The molecule has 0 saturated heterocycles. The summed E-state index contributed by atoms with van der Waals surface area (Å²) < 4.78 is 13.4. The third kappa shape index (κ3) is 4.41. The third-order valence-corrected chi connectivity index (χ3v) is 4.18. The Balaban J connectivity index is 2.00. The van der Waals surface area contributed by atoms with Crippen molar-refractivity contribution >= 4 is 33.4 Å². The molecular formula is C18H18BrFN2O2. The molecule has 0 saturated carbocycles. The van der Waals surface area contributed by atoms with Crippen molar-refractivity contribution < 1.29 is 14.0 Å². The van der Waals surface area contributed by atoms with Crippen molar-refractivity contribution in [2.24, 2.45) is 0 Å². The van der Waals surface area contributed by atoms with Crippen LogP contribution in [-0.4, -0.2) is 18.4 Å². The van der Waals surface area contributed by atoms with E-state index in [-0.39, 0.29) is 18.0 Å². The van der Waals surface area contributed by atoms with Crippen LogP contribution in [0, 0.1) is 26.6 Å². The van der Waals surface area contributed by atoms with Crippen LogP contribution < -0.4 is 10.6 Å². The number of rotatable bonds is 4. The summed E-state index contributed by atoms with van der Waals surface area (Å²) in [6, 6.07) is 7.72. The van der Waals surface area contributed by atoms with Crippen molar-refractivity contribution in [2.75, 3.05) is 11.9 Å². The zero-order valence-corrected chi connectivity index (χ0v) is 15.3. The van der Waals surface area contributed by atoms with Crippen LogP contribution in [0.25, 0.3) is 0 Å². The van der Waals surface area contributed by atoms with Crippen LogP contribution >= 0.6 is 15.9 Å². The molecular weight excluding hydrogens is 375 g/mol. The highest BCUT2D eigenvalue weighted by molar-refractivity contribution is 9.10. The van der Waals surface area contributed by atoms with Crippen LogP contribution in [0.3, 0.4) is 0 Å². The number of carbonyl (C=O) groups excluding carboxylic acids is 2. The normalized spacial score (nSPS) is 10.4. The van der Waals surface area contributed by atoms with Gasteiger partial charge < -0.3 is 10.6 Å². The molecule has 0 fully saturated rings. The van der Waals surface area contributed by atoms with Crippen LogP contribution in [0.15, 0.2) is 34.8 Å². The van der Waals surface area contributed by atoms with Gasteiger partial charge in [-0.1, -0.05) is 17.7 Å². The Kier molecular flexibility index (Phi) is 5.72. The average Bonchev–Trinajstić information content (AvgIpc) is 2.48. The Morgan fingerprint density at radius 3 is 2.29 bits per heavy atom. The first kappa shape index (κ1) is 18.1. The monoisotopic (exact) mass is 392 g/mol. The SMILES string of the molecule is Cc1cc(C)c(NC(=O)CNC(=O)c2ccc(F)cc2Br)c(C)c1. The van der Waals surface area contributed by atoms with Crippen LogP contribution in [0.1, 0.15) is 27.0 Å². The Morgan fingerprint density at radius 2 is 1.71 bits per heavy atom. The van der Waals surface area contributed by atoms with Crippen molar-refractivity contribution in [3.8, 4) is 0 Å². The van der Waals surface area contributed by atoms with Gasteiger partial charge in [0.2, 0.25) is 5.91 Å². The topological polar surface area (TPSA) is 58.2 Å². The van der Waals surface area contributed by atoms with Crippen LogP contribution in [0.5, 0.6) is 0 Å². The molecule has 24 heavy (non-hydrogen) atoms. The summed E-state index contributed by atoms with van der Waals surface area (Å²) in [4.78, 5) is 24.1. The second-order valence-electron chi connectivity index (χ2n) is 5.63. The van der Waals surface area contributed by atoms with E-state index in [1.165, 1.54) is 18.2 Å². The first-order valence-corrected chi connectivity index (χ1v) is 8.18. The molecule has 0 bridgehead atoms. The summed E-state index contributed by atoms with van der Waals surface area (Å²) in [7, 11) is 0. The van der Waals surface area contributed by atoms with Crippen molar-refractivity contribution in [2.45, 2.75) is 20.8 Å². The Morgan fingerprint density at radius 1 is 1.08 bits per heavy atom. The highest BCUT2D eigenvalue weighted by Crippen LogP contribution is 2.22. The molecule has 0 radical (unpaired) electrons. The van der Waals surface area contributed by atoms with Gasteiger partial charge in [-0.15, -0.1) is 0 Å². The fourth-order valence-corrected chi connectivity index (χ4v) is 3.02. The molecule has 126 valence electrons. The van der Waals surface area contributed by atoms with Crippen LogP contribution in [-0.2, 0) is 4.79 Å². The summed E-state index contributed by atoms with van der Waals surface area (Å²) in [5, 5.41) is 5.34. The molecule has 2 aromatic carbocycles. The van der Waals surface area contributed by atoms with Gasteiger partial charge in [0.1, 0.15) is 5.82 Å². The minimum atomic E-state index is -0.450. The van der Waals surface area contributed by atoms with Crippen molar-refractivity contribution in [1.82, 2.24) is 5.32 Å². The van der Waals surface area contributed by atoms with Gasteiger partial charge in [-0.05, 0) is 66.0 Å². The molecule has 2 aromatic rings. The summed E-state index contributed by atoms with van der Waals surface area (Å²) in [5.41, 5.74) is 4.08. The molecule has 0 aliphatic carbocycles. The fraction of sp³-hybridized carbons (Fsp3) is 0.222. The van der Waals surface area contributed by atoms with Crippen molar-refractivity contribution in [3.63, 3.8) is 0 Å². The number of halogens is 2. The summed E-state index contributed by atoms with van der Waals surface area (Å²) in [6.07, 6.45) is 0. The lowest BCUT2D eigenvalue weighted by atomic mass is 10.1. The second-order valence-corrected chi connectivity index (χ2v) is 6.48. The smallest absolute Gasteiger partial charge is 0.252 e. The maximum Gasteiger partial charge on any atom is 0.252 e. The zero-order chi connectivity index (χ0) is 17.9. The first-order valence-electron chi connectivity index (χ1n) is 7.39. The minimum absolute atomic E-state index is 0.171. The molecule has 2 rings (SSSR count). The second kappa shape index (κ2) is 7.57. The largest absolute Gasteiger partial charge is 0.343 e. The molecule has 0 aliphatic rings. The first-order chi connectivity index (χ1) is 11.3. The van der Waals surface area contributed by atoms with Crippen LogP contribution in [0.2, 0.25) is 0 Å². The number of anilines is 1. The molecule has 2 N–H and O–H groups in total. The molecule has 0 heterocycles.